The van der Waals surface area contributed by atoms with Gasteiger partial charge in [0.05, 0.1) is 12.5 Å². The van der Waals surface area contributed by atoms with Crippen molar-refractivity contribution in [3.8, 4) is 5.75 Å². The second kappa shape index (κ2) is 9.08. The van der Waals surface area contributed by atoms with E-state index >= 15 is 0 Å². The average molecular weight is 397 g/mol. The standard InChI is InChI=1S/C18H21BrO3S/c1-2-3-4-9-22-16-8-7-14(19)11-13(16)12-15(18(20)21)17-6-5-10-23-17/h5-8,10-11,15H,2-4,9,12H2,1H3,(H,20,21). The van der Waals surface area contributed by atoms with E-state index in [0.29, 0.717) is 13.0 Å². The van der Waals surface area contributed by atoms with E-state index in [1.54, 1.807) is 0 Å². The van der Waals surface area contributed by atoms with E-state index < -0.39 is 11.9 Å². The molecular formula is C18H21BrO3S. The number of aliphatic carboxylic acids is 1. The summed E-state index contributed by atoms with van der Waals surface area (Å²) in [5, 5.41) is 11.5. The molecule has 5 heteroatoms. The Morgan fingerprint density at radius 3 is 2.83 bits per heavy atom. The maximum absolute atomic E-state index is 11.7. The smallest absolute Gasteiger partial charge is 0.312 e. The summed E-state index contributed by atoms with van der Waals surface area (Å²) in [7, 11) is 0. The van der Waals surface area contributed by atoms with Crippen LogP contribution in [0.1, 0.15) is 42.5 Å². The largest absolute Gasteiger partial charge is 0.493 e. The second-order valence-corrected chi connectivity index (χ2v) is 7.31. The van der Waals surface area contributed by atoms with Crippen LogP contribution in [0.4, 0.5) is 0 Å². The molecule has 0 saturated carbocycles. The van der Waals surface area contributed by atoms with Crippen molar-refractivity contribution in [1.82, 2.24) is 0 Å². The van der Waals surface area contributed by atoms with Gasteiger partial charge < -0.3 is 9.84 Å². The van der Waals surface area contributed by atoms with Crippen LogP contribution in [-0.4, -0.2) is 17.7 Å². The first-order valence-electron chi connectivity index (χ1n) is 7.79. The Hall–Kier alpha value is -1.33. The molecule has 1 heterocycles. The fraction of sp³-hybridized carbons (Fsp3) is 0.389. The molecule has 0 bridgehead atoms. The molecule has 1 unspecified atom stereocenters. The van der Waals surface area contributed by atoms with E-state index in [1.165, 1.54) is 11.3 Å². The first-order chi connectivity index (χ1) is 11.1. The van der Waals surface area contributed by atoms with Crippen LogP contribution in [-0.2, 0) is 11.2 Å². The van der Waals surface area contributed by atoms with E-state index in [-0.39, 0.29) is 0 Å². The molecule has 0 aliphatic rings. The fourth-order valence-corrected chi connectivity index (χ4v) is 3.63. The maximum Gasteiger partial charge on any atom is 0.312 e. The highest BCUT2D eigenvalue weighted by molar-refractivity contribution is 9.10. The first kappa shape index (κ1) is 18.0. The van der Waals surface area contributed by atoms with Gasteiger partial charge in [-0.1, -0.05) is 41.8 Å². The number of hydrogen-bond donors (Lipinski definition) is 1. The molecule has 0 aliphatic carbocycles. The zero-order valence-corrected chi connectivity index (χ0v) is 15.5. The molecule has 1 N–H and O–H groups in total. The van der Waals surface area contributed by atoms with E-state index in [1.807, 2.05) is 35.7 Å². The van der Waals surface area contributed by atoms with Gasteiger partial charge in [0.15, 0.2) is 0 Å². The van der Waals surface area contributed by atoms with E-state index in [4.69, 9.17) is 4.74 Å². The molecular weight excluding hydrogens is 376 g/mol. The minimum Gasteiger partial charge on any atom is -0.493 e. The van der Waals surface area contributed by atoms with Crippen LogP contribution in [0.25, 0.3) is 0 Å². The molecule has 0 aliphatic heterocycles. The Labute approximate surface area is 149 Å². The molecule has 0 fully saturated rings. The van der Waals surface area contributed by atoms with Crippen LogP contribution >= 0.6 is 27.3 Å². The predicted octanol–water partition coefficient (Wildman–Crippen LogP) is 5.49. The lowest BCUT2D eigenvalue weighted by Crippen LogP contribution is -2.14. The average Bonchev–Trinajstić information content (AvgIpc) is 3.04. The van der Waals surface area contributed by atoms with Gasteiger partial charge in [-0.25, -0.2) is 0 Å². The number of carboxylic acid groups (broad SMARTS) is 1. The van der Waals surface area contributed by atoms with Crippen molar-refractivity contribution in [2.24, 2.45) is 0 Å². The highest BCUT2D eigenvalue weighted by Crippen LogP contribution is 2.31. The number of ether oxygens (including phenoxy) is 1. The third kappa shape index (κ3) is 5.36. The molecule has 23 heavy (non-hydrogen) atoms. The van der Waals surface area contributed by atoms with Gasteiger partial charge in [-0.2, -0.15) is 0 Å². The van der Waals surface area contributed by atoms with Crippen molar-refractivity contribution in [3.63, 3.8) is 0 Å². The summed E-state index contributed by atoms with van der Waals surface area (Å²) in [6.07, 6.45) is 3.73. The molecule has 2 rings (SSSR count). The number of halogens is 1. The molecule has 124 valence electrons. The van der Waals surface area contributed by atoms with Crippen LogP contribution < -0.4 is 4.74 Å². The monoisotopic (exact) mass is 396 g/mol. The maximum atomic E-state index is 11.7. The number of carbonyl (C=O) groups is 1. The van der Waals surface area contributed by atoms with E-state index in [0.717, 1.165) is 39.9 Å². The molecule has 1 aromatic heterocycles. The highest BCUT2D eigenvalue weighted by Gasteiger charge is 2.23. The highest BCUT2D eigenvalue weighted by atomic mass is 79.9. The Kier molecular flexibility index (Phi) is 7.12. The zero-order valence-electron chi connectivity index (χ0n) is 13.1. The third-order valence-corrected chi connectivity index (χ3v) is 5.12. The summed E-state index contributed by atoms with van der Waals surface area (Å²) in [5.74, 6) is -0.557. The summed E-state index contributed by atoms with van der Waals surface area (Å²) < 4.78 is 6.82. The van der Waals surface area contributed by atoms with Crippen molar-refractivity contribution in [2.75, 3.05) is 6.61 Å². The van der Waals surface area contributed by atoms with Gasteiger partial charge in [0, 0.05) is 9.35 Å². The Balaban J connectivity index is 2.16. The molecule has 2 aromatic rings. The van der Waals surface area contributed by atoms with E-state index in [9.17, 15) is 9.90 Å². The minimum atomic E-state index is -0.802. The number of unbranched alkanes of at least 4 members (excludes halogenated alkanes) is 2. The van der Waals surface area contributed by atoms with Gasteiger partial charge >= 0.3 is 5.97 Å². The lowest BCUT2D eigenvalue weighted by molar-refractivity contribution is -0.138. The summed E-state index contributed by atoms with van der Waals surface area (Å²) in [4.78, 5) is 12.5. The Bertz CT molecular complexity index is 625. The predicted molar refractivity (Wildman–Crippen MR) is 97.6 cm³/mol. The Morgan fingerprint density at radius 1 is 1.35 bits per heavy atom. The van der Waals surface area contributed by atoms with Gasteiger partial charge in [0.1, 0.15) is 5.75 Å². The Morgan fingerprint density at radius 2 is 2.17 bits per heavy atom. The number of rotatable bonds is 9. The van der Waals surface area contributed by atoms with Crippen molar-refractivity contribution in [2.45, 2.75) is 38.5 Å². The van der Waals surface area contributed by atoms with Gasteiger partial charge in [-0.15, -0.1) is 11.3 Å². The quantitative estimate of drug-likeness (QED) is 0.569. The van der Waals surface area contributed by atoms with Crippen LogP contribution in [0.2, 0.25) is 0 Å². The molecule has 0 radical (unpaired) electrons. The molecule has 1 aromatic carbocycles. The molecule has 3 nitrogen and oxygen atoms in total. The summed E-state index contributed by atoms with van der Waals surface area (Å²) in [5.41, 5.74) is 0.927. The SMILES string of the molecule is CCCCCOc1ccc(Br)cc1CC(C(=O)O)c1cccs1. The minimum absolute atomic E-state index is 0.429. The molecule has 0 saturated heterocycles. The topological polar surface area (TPSA) is 46.5 Å². The number of carboxylic acids is 1. The number of thiophene rings is 1. The van der Waals surface area contributed by atoms with E-state index in [2.05, 4.69) is 22.9 Å². The van der Waals surface area contributed by atoms with Gasteiger partial charge in [0.2, 0.25) is 0 Å². The van der Waals surface area contributed by atoms with Gasteiger partial charge in [-0.3, -0.25) is 4.79 Å². The zero-order chi connectivity index (χ0) is 16.7. The summed E-state index contributed by atoms with van der Waals surface area (Å²) in [6.45, 7) is 2.82. The second-order valence-electron chi connectivity index (χ2n) is 5.42. The van der Waals surface area contributed by atoms with Gasteiger partial charge in [-0.05, 0) is 48.1 Å². The normalized spacial score (nSPS) is 12.1. The lowest BCUT2D eigenvalue weighted by Gasteiger charge is -2.15. The van der Waals surface area contributed by atoms with Crippen LogP contribution in [0, 0.1) is 0 Å². The van der Waals surface area contributed by atoms with Crippen molar-refractivity contribution >= 4 is 33.2 Å². The van der Waals surface area contributed by atoms with Gasteiger partial charge in [0.25, 0.3) is 0 Å². The first-order valence-corrected chi connectivity index (χ1v) is 9.46. The molecule has 1 atom stereocenters. The summed E-state index contributed by atoms with van der Waals surface area (Å²) in [6, 6.07) is 9.57. The number of hydrogen-bond acceptors (Lipinski definition) is 3. The fourth-order valence-electron chi connectivity index (χ4n) is 2.40. The van der Waals surface area contributed by atoms with Crippen molar-refractivity contribution in [3.05, 3.63) is 50.6 Å². The van der Waals surface area contributed by atoms with Crippen LogP contribution in [0.5, 0.6) is 5.75 Å². The lowest BCUT2D eigenvalue weighted by atomic mass is 9.97. The van der Waals surface area contributed by atoms with Crippen LogP contribution in [0.15, 0.2) is 40.2 Å². The van der Waals surface area contributed by atoms with Crippen molar-refractivity contribution < 1.29 is 14.6 Å². The van der Waals surface area contributed by atoms with Crippen molar-refractivity contribution in [1.29, 1.82) is 0 Å². The third-order valence-electron chi connectivity index (χ3n) is 3.64. The number of benzene rings is 1. The summed E-state index contributed by atoms with van der Waals surface area (Å²) >= 11 is 4.94. The van der Waals surface area contributed by atoms with Crippen LogP contribution in [0.3, 0.4) is 0 Å². The molecule has 0 spiro atoms. The molecule has 0 amide bonds.